The Morgan fingerprint density at radius 2 is 1.45 bits per heavy atom. The van der Waals surface area contributed by atoms with Gasteiger partial charge in [0.2, 0.25) is 0 Å². The first-order chi connectivity index (χ1) is 10.8. The average Bonchev–Trinajstić information content (AvgIpc) is 2.52. The van der Waals surface area contributed by atoms with Gasteiger partial charge in [-0.1, -0.05) is 56.8 Å². The average molecular weight is 309 g/mol. The lowest BCUT2D eigenvalue weighted by Gasteiger charge is -2.05. The second-order valence-electron chi connectivity index (χ2n) is 5.94. The highest BCUT2D eigenvalue weighted by Crippen LogP contribution is 2.09. The molecule has 0 amide bonds. The predicted octanol–water partition coefficient (Wildman–Crippen LogP) is 6.36. The van der Waals surface area contributed by atoms with Crippen molar-refractivity contribution in [2.24, 2.45) is 0 Å². The van der Waals surface area contributed by atoms with Gasteiger partial charge >= 0.3 is 5.97 Å². The summed E-state index contributed by atoms with van der Waals surface area (Å²) < 4.78 is 5.27. The van der Waals surface area contributed by atoms with Crippen molar-refractivity contribution in [3.8, 4) is 0 Å². The molecule has 0 aliphatic heterocycles. The molecule has 0 heterocycles. The second-order valence-corrected chi connectivity index (χ2v) is 5.94. The van der Waals surface area contributed by atoms with Crippen molar-refractivity contribution >= 4 is 5.97 Å². The maximum Gasteiger partial charge on any atom is 0.305 e. The minimum Gasteiger partial charge on any atom is -0.466 e. The molecule has 0 bridgehead atoms. The molecule has 0 atom stereocenters. The van der Waals surface area contributed by atoms with E-state index in [0.29, 0.717) is 13.0 Å². The smallest absolute Gasteiger partial charge is 0.305 e. The summed E-state index contributed by atoms with van der Waals surface area (Å²) in [5.41, 5.74) is 0. The molecule has 0 saturated heterocycles. The lowest BCUT2D eigenvalue weighted by molar-refractivity contribution is -0.143. The molecule has 22 heavy (non-hydrogen) atoms. The van der Waals surface area contributed by atoms with E-state index in [1.54, 1.807) is 0 Å². The molecular weight excluding hydrogens is 272 g/mol. The number of unbranched alkanes of at least 4 members (excludes halogenated alkanes) is 10. The quantitative estimate of drug-likeness (QED) is 0.188. The van der Waals surface area contributed by atoms with E-state index in [0.717, 1.165) is 32.1 Å². The van der Waals surface area contributed by atoms with Gasteiger partial charge in [-0.2, -0.15) is 0 Å². The summed E-state index contributed by atoms with van der Waals surface area (Å²) in [6.45, 7) is 6.39. The number of rotatable bonds is 16. The van der Waals surface area contributed by atoms with Gasteiger partial charge in [0.05, 0.1) is 6.61 Å². The van der Waals surface area contributed by atoms with Gasteiger partial charge in [-0.25, -0.2) is 0 Å². The predicted molar refractivity (Wildman–Crippen MR) is 96.0 cm³/mol. The molecular formula is C20H36O2. The van der Waals surface area contributed by atoms with Crippen molar-refractivity contribution in [2.45, 2.75) is 90.4 Å². The van der Waals surface area contributed by atoms with Gasteiger partial charge in [-0.3, -0.25) is 4.79 Å². The fraction of sp³-hybridized carbons (Fsp3) is 0.750. The standard InChI is InChI=1S/C20H36O2/c1-3-5-7-9-11-13-15-17-19-22-20(21)18-16-14-12-10-8-6-4-2/h3-4,6H,1,5,7-19H2,2H3/b6-4+. The summed E-state index contributed by atoms with van der Waals surface area (Å²) >= 11 is 0. The van der Waals surface area contributed by atoms with Crippen LogP contribution < -0.4 is 0 Å². The highest BCUT2D eigenvalue weighted by Gasteiger charge is 2.02. The summed E-state index contributed by atoms with van der Waals surface area (Å²) in [4.78, 5) is 11.5. The van der Waals surface area contributed by atoms with Gasteiger partial charge in [-0.05, 0) is 45.4 Å². The van der Waals surface area contributed by atoms with Crippen LogP contribution in [0.25, 0.3) is 0 Å². The summed E-state index contributed by atoms with van der Waals surface area (Å²) in [6.07, 6.45) is 21.0. The van der Waals surface area contributed by atoms with E-state index >= 15 is 0 Å². The Labute approximate surface area is 138 Å². The summed E-state index contributed by atoms with van der Waals surface area (Å²) in [7, 11) is 0. The minimum atomic E-state index is -0.0144. The van der Waals surface area contributed by atoms with Crippen molar-refractivity contribution in [1.82, 2.24) is 0 Å². The lowest BCUT2D eigenvalue weighted by Crippen LogP contribution is -2.05. The molecule has 0 aromatic heterocycles. The molecule has 128 valence electrons. The van der Waals surface area contributed by atoms with Gasteiger partial charge in [-0.15, -0.1) is 6.58 Å². The lowest BCUT2D eigenvalue weighted by atomic mass is 10.1. The van der Waals surface area contributed by atoms with Crippen LogP contribution >= 0.6 is 0 Å². The molecule has 0 aliphatic rings. The minimum absolute atomic E-state index is 0.0144. The van der Waals surface area contributed by atoms with Crippen molar-refractivity contribution in [1.29, 1.82) is 0 Å². The Kier molecular flexibility index (Phi) is 17.1. The van der Waals surface area contributed by atoms with Crippen LogP contribution in [0, 0.1) is 0 Å². The molecule has 0 saturated carbocycles. The molecule has 0 rings (SSSR count). The Morgan fingerprint density at radius 3 is 2.14 bits per heavy atom. The maximum atomic E-state index is 11.5. The third kappa shape index (κ3) is 17.0. The molecule has 0 radical (unpaired) electrons. The zero-order chi connectivity index (χ0) is 16.3. The van der Waals surface area contributed by atoms with E-state index in [2.05, 4.69) is 25.7 Å². The van der Waals surface area contributed by atoms with Crippen LogP contribution in [0.4, 0.5) is 0 Å². The molecule has 0 unspecified atom stereocenters. The van der Waals surface area contributed by atoms with Crippen LogP contribution in [0.3, 0.4) is 0 Å². The highest BCUT2D eigenvalue weighted by molar-refractivity contribution is 5.69. The Morgan fingerprint density at radius 1 is 0.864 bits per heavy atom. The van der Waals surface area contributed by atoms with E-state index in [4.69, 9.17) is 4.74 Å². The second kappa shape index (κ2) is 18.0. The third-order valence-corrected chi connectivity index (χ3v) is 3.80. The zero-order valence-corrected chi connectivity index (χ0v) is 14.7. The van der Waals surface area contributed by atoms with Gasteiger partial charge in [0.15, 0.2) is 0 Å². The van der Waals surface area contributed by atoms with E-state index in [1.165, 1.54) is 44.9 Å². The fourth-order valence-electron chi connectivity index (χ4n) is 2.41. The normalized spacial score (nSPS) is 11.0. The third-order valence-electron chi connectivity index (χ3n) is 3.80. The van der Waals surface area contributed by atoms with Crippen LogP contribution in [0.15, 0.2) is 24.8 Å². The van der Waals surface area contributed by atoms with Gasteiger partial charge in [0.1, 0.15) is 0 Å². The molecule has 2 nitrogen and oxygen atoms in total. The largest absolute Gasteiger partial charge is 0.466 e. The molecule has 0 N–H and O–H groups in total. The van der Waals surface area contributed by atoms with Crippen molar-refractivity contribution in [2.75, 3.05) is 6.61 Å². The van der Waals surface area contributed by atoms with Crippen molar-refractivity contribution in [3.63, 3.8) is 0 Å². The monoisotopic (exact) mass is 308 g/mol. The van der Waals surface area contributed by atoms with E-state index in [-0.39, 0.29) is 5.97 Å². The van der Waals surface area contributed by atoms with Crippen LogP contribution in [0.2, 0.25) is 0 Å². The number of allylic oxidation sites excluding steroid dienone is 3. The topological polar surface area (TPSA) is 26.3 Å². The number of carbonyl (C=O) groups excluding carboxylic acids is 1. The zero-order valence-electron chi connectivity index (χ0n) is 14.7. The SMILES string of the molecule is C=CCCCCCCCCOC(=O)CCCCCC/C=C/C. The molecule has 0 aromatic carbocycles. The van der Waals surface area contributed by atoms with Gasteiger partial charge in [0.25, 0.3) is 0 Å². The van der Waals surface area contributed by atoms with Crippen LogP contribution in [0.1, 0.15) is 90.4 Å². The summed E-state index contributed by atoms with van der Waals surface area (Å²) in [5.74, 6) is -0.0144. The van der Waals surface area contributed by atoms with E-state index in [1.807, 2.05) is 6.08 Å². The van der Waals surface area contributed by atoms with Crippen LogP contribution in [-0.2, 0) is 9.53 Å². The first-order valence-corrected chi connectivity index (χ1v) is 9.19. The van der Waals surface area contributed by atoms with Crippen LogP contribution in [-0.4, -0.2) is 12.6 Å². The highest BCUT2D eigenvalue weighted by atomic mass is 16.5. The Bertz CT molecular complexity index is 281. The number of carbonyl (C=O) groups is 1. The number of ether oxygens (including phenoxy) is 1. The van der Waals surface area contributed by atoms with Crippen molar-refractivity contribution < 1.29 is 9.53 Å². The Balaban J connectivity index is 3.17. The first kappa shape index (κ1) is 20.9. The molecule has 0 fully saturated rings. The number of hydrogen-bond donors (Lipinski definition) is 0. The molecule has 0 aliphatic carbocycles. The van der Waals surface area contributed by atoms with Gasteiger partial charge < -0.3 is 4.74 Å². The first-order valence-electron chi connectivity index (χ1n) is 9.19. The maximum absolute atomic E-state index is 11.5. The Hall–Kier alpha value is -1.05. The summed E-state index contributed by atoms with van der Waals surface area (Å²) in [5, 5.41) is 0. The number of hydrogen-bond acceptors (Lipinski definition) is 2. The van der Waals surface area contributed by atoms with Gasteiger partial charge in [0, 0.05) is 6.42 Å². The van der Waals surface area contributed by atoms with E-state index < -0.39 is 0 Å². The summed E-state index contributed by atoms with van der Waals surface area (Å²) in [6, 6.07) is 0. The van der Waals surface area contributed by atoms with E-state index in [9.17, 15) is 4.79 Å². The molecule has 0 aromatic rings. The number of esters is 1. The fourth-order valence-corrected chi connectivity index (χ4v) is 2.41. The molecule has 2 heteroatoms. The van der Waals surface area contributed by atoms with Crippen LogP contribution in [0.5, 0.6) is 0 Å². The molecule has 0 spiro atoms. The van der Waals surface area contributed by atoms with Crippen molar-refractivity contribution in [3.05, 3.63) is 24.8 Å².